The molecule has 19 heavy (non-hydrogen) atoms. The number of rotatable bonds is 3. The molecule has 1 nitrogen and oxygen atoms in total. The van der Waals surface area contributed by atoms with Gasteiger partial charge >= 0.3 is 0 Å². The van der Waals surface area contributed by atoms with Crippen molar-refractivity contribution >= 4 is 23.2 Å². The predicted molar refractivity (Wildman–Crippen MR) is 84.0 cm³/mol. The van der Waals surface area contributed by atoms with Crippen molar-refractivity contribution in [2.24, 2.45) is 11.8 Å². The molecule has 0 unspecified atom stereocenters. The van der Waals surface area contributed by atoms with Gasteiger partial charge in [-0.25, -0.2) is 0 Å². The van der Waals surface area contributed by atoms with E-state index in [9.17, 15) is 0 Å². The molecule has 1 aromatic carbocycles. The predicted octanol–water partition coefficient (Wildman–Crippen LogP) is 5.42. The Morgan fingerprint density at radius 3 is 2.00 bits per heavy atom. The summed E-state index contributed by atoms with van der Waals surface area (Å²) in [5, 5.41) is 1.46. The van der Waals surface area contributed by atoms with Crippen molar-refractivity contribution in [1.29, 1.82) is 0 Å². The monoisotopic (exact) mass is 299 g/mol. The summed E-state index contributed by atoms with van der Waals surface area (Å²) >= 11 is 12.2. The SMILES string of the molecule is CC(C)C1CCN([C@H](C)c2cc(Cl)cc(Cl)c2)CC1. The Bertz CT molecular complexity index is 403. The van der Waals surface area contributed by atoms with Crippen LogP contribution in [0.3, 0.4) is 0 Å². The van der Waals surface area contributed by atoms with Crippen molar-refractivity contribution in [3.63, 3.8) is 0 Å². The van der Waals surface area contributed by atoms with Gasteiger partial charge in [-0.1, -0.05) is 37.0 Å². The number of hydrogen-bond acceptors (Lipinski definition) is 1. The second kappa shape index (κ2) is 6.47. The third kappa shape index (κ3) is 3.87. The Balaban J connectivity index is 2.02. The molecule has 0 bridgehead atoms. The fourth-order valence-corrected chi connectivity index (χ4v) is 3.54. The molecule has 0 aromatic heterocycles. The van der Waals surface area contributed by atoms with Gasteiger partial charge in [-0.15, -0.1) is 0 Å². The molecule has 1 heterocycles. The lowest BCUT2D eigenvalue weighted by atomic mass is 9.86. The van der Waals surface area contributed by atoms with E-state index < -0.39 is 0 Å². The normalized spacial score (nSPS) is 19.9. The Hall–Kier alpha value is -0.240. The second-order valence-corrected chi connectivity index (χ2v) is 6.87. The lowest BCUT2D eigenvalue weighted by molar-refractivity contribution is 0.122. The molecule has 1 fully saturated rings. The Labute approximate surface area is 126 Å². The van der Waals surface area contributed by atoms with E-state index in [-0.39, 0.29) is 0 Å². The van der Waals surface area contributed by atoms with Crippen LogP contribution in [0.15, 0.2) is 18.2 Å². The van der Waals surface area contributed by atoms with E-state index in [1.165, 1.54) is 31.5 Å². The highest BCUT2D eigenvalue weighted by atomic mass is 35.5. The van der Waals surface area contributed by atoms with Crippen molar-refractivity contribution in [3.8, 4) is 0 Å². The molecule has 1 aromatic rings. The first kappa shape index (κ1) is 15.2. The van der Waals surface area contributed by atoms with Gasteiger partial charge in [0.2, 0.25) is 0 Å². The summed E-state index contributed by atoms with van der Waals surface area (Å²) < 4.78 is 0. The molecular weight excluding hydrogens is 277 g/mol. The number of likely N-dealkylation sites (tertiary alicyclic amines) is 1. The first-order valence-corrected chi connectivity index (χ1v) is 7.93. The van der Waals surface area contributed by atoms with Crippen molar-refractivity contribution in [3.05, 3.63) is 33.8 Å². The van der Waals surface area contributed by atoms with Gasteiger partial charge < -0.3 is 0 Å². The van der Waals surface area contributed by atoms with Crippen LogP contribution in [-0.4, -0.2) is 18.0 Å². The lowest BCUT2D eigenvalue weighted by Crippen LogP contribution is -2.36. The maximum absolute atomic E-state index is 6.09. The van der Waals surface area contributed by atoms with Gasteiger partial charge in [0.05, 0.1) is 0 Å². The Morgan fingerprint density at radius 1 is 1.00 bits per heavy atom. The highest BCUT2D eigenvalue weighted by Gasteiger charge is 2.25. The summed E-state index contributed by atoms with van der Waals surface area (Å²) in [5.74, 6) is 1.68. The summed E-state index contributed by atoms with van der Waals surface area (Å²) in [6.07, 6.45) is 2.60. The zero-order valence-corrected chi connectivity index (χ0v) is 13.5. The molecule has 1 aliphatic rings. The highest BCUT2D eigenvalue weighted by molar-refractivity contribution is 6.34. The number of nitrogens with zero attached hydrogens (tertiary/aromatic N) is 1. The smallest absolute Gasteiger partial charge is 0.0424 e. The Kier molecular flexibility index (Phi) is 5.16. The van der Waals surface area contributed by atoms with Crippen LogP contribution in [0, 0.1) is 11.8 Å². The van der Waals surface area contributed by atoms with Crippen LogP contribution in [0.1, 0.15) is 45.2 Å². The lowest BCUT2D eigenvalue weighted by Gasteiger charge is -2.37. The van der Waals surface area contributed by atoms with Gasteiger partial charge in [-0.2, -0.15) is 0 Å². The van der Waals surface area contributed by atoms with Crippen LogP contribution >= 0.6 is 23.2 Å². The summed E-state index contributed by atoms with van der Waals surface area (Å²) in [6, 6.07) is 6.26. The molecule has 1 atom stereocenters. The van der Waals surface area contributed by atoms with E-state index in [1.54, 1.807) is 6.07 Å². The summed E-state index contributed by atoms with van der Waals surface area (Å²) in [4.78, 5) is 2.54. The molecule has 1 saturated heterocycles. The number of hydrogen-bond donors (Lipinski definition) is 0. The average molecular weight is 300 g/mol. The van der Waals surface area contributed by atoms with Crippen molar-refractivity contribution < 1.29 is 0 Å². The van der Waals surface area contributed by atoms with Gasteiger partial charge in [0, 0.05) is 16.1 Å². The molecule has 0 radical (unpaired) electrons. The van der Waals surface area contributed by atoms with E-state index >= 15 is 0 Å². The fourth-order valence-electron chi connectivity index (χ4n) is 3.00. The largest absolute Gasteiger partial charge is 0.297 e. The quantitative estimate of drug-likeness (QED) is 0.720. The van der Waals surface area contributed by atoms with Crippen molar-refractivity contribution in [2.45, 2.75) is 39.7 Å². The van der Waals surface area contributed by atoms with Crippen LogP contribution < -0.4 is 0 Å². The highest BCUT2D eigenvalue weighted by Crippen LogP contribution is 2.32. The van der Waals surface area contributed by atoms with Gasteiger partial charge in [0.1, 0.15) is 0 Å². The minimum Gasteiger partial charge on any atom is -0.297 e. The van der Waals surface area contributed by atoms with Crippen LogP contribution in [-0.2, 0) is 0 Å². The number of halogens is 2. The first-order valence-electron chi connectivity index (χ1n) is 7.17. The molecule has 0 saturated carbocycles. The average Bonchev–Trinajstić information content (AvgIpc) is 2.37. The van der Waals surface area contributed by atoms with Crippen LogP contribution in [0.2, 0.25) is 10.0 Å². The molecule has 1 aliphatic heterocycles. The van der Waals surface area contributed by atoms with E-state index in [1.807, 2.05) is 12.1 Å². The minimum absolute atomic E-state index is 0.393. The maximum atomic E-state index is 6.09. The fraction of sp³-hybridized carbons (Fsp3) is 0.625. The zero-order valence-electron chi connectivity index (χ0n) is 12.0. The molecule has 0 amide bonds. The first-order chi connectivity index (χ1) is 8.97. The van der Waals surface area contributed by atoms with Gasteiger partial charge in [-0.3, -0.25) is 4.90 Å². The Morgan fingerprint density at radius 2 is 1.53 bits per heavy atom. The van der Waals surface area contributed by atoms with Gasteiger partial charge in [0.15, 0.2) is 0 Å². The summed E-state index contributed by atoms with van der Waals surface area (Å²) in [6.45, 7) is 9.26. The molecule has 0 N–H and O–H groups in total. The molecule has 0 aliphatic carbocycles. The van der Waals surface area contributed by atoms with E-state index in [0.717, 1.165) is 21.9 Å². The van der Waals surface area contributed by atoms with Crippen molar-refractivity contribution in [1.82, 2.24) is 4.90 Å². The molecular formula is C16H23Cl2N. The van der Waals surface area contributed by atoms with E-state index in [4.69, 9.17) is 23.2 Å². The third-order valence-electron chi connectivity index (χ3n) is 4.43. The van der Waals surface area contributed by atoms with Crippen LogP contribution in [0.25, 0.3) is 0 Å². The standard InChI is InChI=1S/C16H23Cl2N/c1-11(2)13-4-6-19(7-5-13)12(3)14-8-15(17)10-16(18)9-14/h8-13H,4-7H2,1-3H3/t12-/m1/s1. The second-order valence-electron chi connectivity index (χ2n) is 6.00. The molecule has 106 valence electrons. The maximum Gasteiger partial charge on any atom is 0.0424 e. The summed E-state index contributed by atoms with van der Waals surface area (Å²) in [7, 11) is 0. The third-order valence-corrected chi connectivity index (χ3v) is 4.87. The van der Waals surface area contributed by atoms with E-state index in [0.29, 0.717) is 6.04 Å². The van der Waals surface area contributed by atoms with Crippen LogP contribution in [0.4, 0.5) is 0 Å². The van der Waals surface area contributed by atoms with Gasteiger partial charge in [-0.05, 0) is 68.5 Å². The van der Waals surface area contributed by atoms with Crippen molar-refractivity contribution in [2.75, 3.05) is 13.1 Å². The van der Waals surface area contributed by atoms with Crippen LogP contribution in [0.5, 0.6) is 0 Å². The molecule has 3 heteroatoms. The van der Waals surface area contributed by atoms with Gasteiger partial charge in [0.25, 0.3) is 0 Å². The number of piperidine rings is 1. The summed E-state index contributed by atoms with van der Waals surface area (Å²) in [5.41, 5.74) is 1.22. The minimum atomic E-state index is 0.393. The topological polar surface area (TPSA) is 3.24 Å². The molecule has 0 spiro atoms. The van der Waals surface area contributed by atoms with E-state index in [2.05, 4.69) is 25.7 Å². The molecule has 2 rings (SSSR count). The zero-order chi connectivity index (χ0) is 14.0. The number of benzene rings is 1.